The standard InChI is InChI=1S/C16H12BrNO2/c17-13-7-5-11(6-8-13)10-18-14-4-2-1-3-12(14)9-15(18)16(19)20/h1-9H,10H2,(H,19,20). The molecule has 0 atom stereocenters. The van der Waals surface area contributed by atoms with Gasteiger partial charge in [-0.2, -0.15) is 0 Å². The molecule has 100 valence electrons. The number of rotatable bonds is 3. The summed E-state index contributed by atoms with van der Waals surface area (Å²) in [6.07, 6.45) is 0. The minimum Gasteiger partial charge on any atom is -0.477 e. The number of halogens is 1. The molecule has 2 aromatic carbocycles. The first-order valence-electron chi connectivity index (χ1n) is 6.21. The minimum absolute atomic E-state index is 0.314. The van der Waals surface area contributed by atoms with Crippen LogP contribution in [0.5, 0.6) is 0 Å². The van der Waals surface area contributed by atoms with Crippen molar-refractivity contribution in [1.29, 1.82) is 0 Å². The molecule has 1 heterocycles. The van der Waals surface area contributed by atoms with Crippen molar-refractivity contribution in [1.82, 2.24) is 4.57 Å². The maximum absolute atomic E-state index is 11.4. The van der Waals surface area contributed by atoms with E-state index in [0.29, 0.717) is 12.2 Å². The van der Waals surface area contributed by atoms with Gasteiger partial charge in [0.2, 0.25) is 0 Å². The SMILES string of the molecule is O=C(O)c1cc2ccccc2n1Cc1ccc(Br)cc1. The van der Waals surface area contributed by atoms with Gasteiger partial charge in [-0.05, 0) is 29.8 Å². The molecule has 0 amide bonds. The Bertz CT molecular complexity index is 775. The zero-order chi connectivity index (χ0) is 14.1. The molecule has 0 fully saturated rings. The van der Waals surface area contributed by atoms with E-state index >= 15 is 0 Å². The molecule has 0 aliphatic carbocycles. The number of carboxylic acid groups (broad SMARTS) is 1. The summed E-state index contributed by atoms with van der Waals surface area (Å²) in [4.78, 5) is 11.4. The van der Waals surface area contributed by atoms with E-state index in [2.05, 4.69) is 15.9 Å². The molecule has 3 aromatic rings. The average molecular weight is 330 g/mol. The largest absolute Gasteiger partial charge is 0.477 e. The molecule has 0 radical (unpaired) electrons. The number of fused-ring (bicyclic) bond motifs is 1. The molecular weight excluding hydrogens is 318 g/mol. The number of hydrogen-bond acceptors (Lipinski definition) is 1. The summed E-state index contributed by atoms with van der Waals surface area (Å²) in [5, 5.41) is 10.3. The average Bonchev–Trinajstić information content (AvgIpc) is 2.81. The van der Waals surface area contributed by atoms with Crippen molar-refractivity contribution in [3.8, 4) is 0 Å². The van der Waals surface area contributed by atoms with Gasteiger partial charge in [-0.25, -0.2) is 4.79 Å². The van der Waals surface area contributed by atoms with Gasteiger partial charge in [0.05, 0.1) is 0 Å². The Morgan fingerprint density at radius 3 is 2.50 bits per heavy atom. The summed E-state index contributed by atoms with van der Waals surface area (Å²) in [5.74, 6) is -0.904. The monoisotopic (exact) mass is 329 g/mol. The van der Waals surface area contributed by atoms with E-state index < -0.39 is 5.97 Å². The van der Waals surface area contributed by atoms with Gasteiger partial charge >= 0.3 is 5.97 Å². The summed E-state index contributed by atoms with van der Waals surface area (Å²) in [5.41, 5.74) is 2.32. The number of aromatic nitrogens is 1. The fourth-order valence-electron chi connectivity index (χ4n) is 2.33. The third kappa shape index (κ3) is 2.34. The highest BCUT2D eigenvalue weighted by molar-refractivity contribution is 9.10. The molecule has 20 heavy (non-hydrogen) atoms. The van der Waals surface area contributed by atoms with Crippen molar-refractivity contribution >= 4 is 32.8 Å². The lowest BCUT2D eigenvalue weighted by molar-refractivity contribution is 0.0686. The topological polar surface area (TPSA) is 42.2 Å². The molecule has 0 saturated carbocycles. The molecule has 0 saturated heterocycles. The van der Waals surface area contributed by atoms with Crippen LogP contribution in [-0.2, 0) is 6.54 Å². The lowest BCUT2D eigenvalue weighted by Crippen LogP contribution is -2.09. The van der Waals surface area contributed by atoms with E-state index in [1.165, 1.54) is 0 Å². The molecule has 1 aromatic heterocycles. The smallest absolute Gasteiger partial charge is 0.352 e. The van der Waals surface area contributed by atoms with Crippen LogP contribution in [0.1, 0.15) is 16.1 Å². The van der Waals surface area contributed by atoms with Crippen LogP contribution in [-0.4, -0.2) is 15.6 Å². The Labute approximate surface area is 124 Å². The maximum atomic E-state index is 11.4. The number of aromatic carboxylic acids is 1. The molecule has 0 bridgehead atoms. The van der Waals surface area contributed by atoms with Crippen molar-refractivity contribution in [2.45, 2.75) is 6.54 Å². The van der Waals surface area contributed by atoms with Crippen molar-refractivity contribution in [2.24, 2.45) is 0 Å². The van der Waals surface area contributed by atoms with Crippen LogP contribution in [0, 0.1) is 0 Å². The predicted molar refractivity (Wildman–Crippen MR) is 82.1 cm³/mol. The van der Waals surface area contributed by atoms with E-state index in [9.17, 15) is 9.90 Å². The Morgan fingerprint density at radius 1 is 1.10 bits per heavy atom. The van der Waals surface area contributed by atoms with Gasteiger partial charge in [0.25, 0.3) is 0 Å². The summed E-state index contributed by atoms with van der Waals surface area (Å²) < 4.78 is 2.85. The van der Waals surface area contributed by atoms with Crippen molar-refractivity contribution in [2.75, 3.05) is 0 Å². The Morgan fingerprint density at radius 2 is 1.80 bits per heavy atom. The summed E-state index contributed by atoms with van der Waals surface area (Å²) >= 11 is 3.40. The van der Waals surface area contributed by atoms with Crippen molar-refractivity contribution in [3.63, 3.8) is 0 Å². The van der Waals surface area contributed by atoms with Gasteiger partial charge in [-0.3, -0.25) is 0 Å². The van der Waals surface area contributed by atoms with Crippen LogP contribution in [0.4, 0.5) is 0 Å². The highest BCUT2D eigenvalue weighted by Crippen LogP contribution is 2.22. The second-order valence-electron chi connectivity index (χ2n) is 4.61. The number of carbonyl (C=O) groups is 1. The maximum Gasteiger partial charge on any atom is 0.352 e. The molecule has 3 nitrogen and oxygen atoms in total. The molecule has 0 aliphatic heterocycles. The van der Waals surface area contributed by atoms with Crippen LogP contribution >= 0.6 is 15.9 Å². The van der Waals surface area contributed by atoms with Gasteiger partial charge in [-0.1, -0.05) is 46.3 Å². The molecule has 1 N–H and O–H groups in total. The van der Waals surface area contributed by atoms with Crippen LogP contribution in [0.25, 0.3) is 10.9 Å². The Hall–Kier alpha value is -2.07. The lowest BCUT2D eigenvalue weighted by atomic mass is 10.2. The highest BCUT2D eigenvalue weighted by Gasteiger charge is 2.14. The third-order valence-electron chi connectivity index (χ3n) is 3.28. The van der Waals surface area contributed by atoms with Crippen LogP contribution in [0.3, 0.4) is 0 Å². The van der Waals surface area contributed by atoms with Gasteiger partial charge in [0.1, 0.15) is 5.69 Å². The number of para-hydroxylation sites is 1. The van der Waals surface area contributed by atoms with Gasteiger partial charge in [0.15, 0.2) is 0 Å². The minimum atomic E-state index is -0.904. The van der Waals surface area contributed by atoms with E-state index in [1.54, 1.807) is 6.07 Å². The molecule has 4 heteroatoms. The second kappa shape index (κ2) is 5.13. The highest BCUT2D eigenvalue weighted by atomic mass is 79.9. The second-order valence-corrected chi connectivity index (χ2v) is 5.52. The van der Waals surface area contributed by atoms with Gasteiger partial charge in [-0.15, -0.1) is 0 Å². The van der Waals surface area contributed by atoms with Crippen LogP contribution in [0.2, 0.25) is 0 Å². The molecule has 0 unspecified atom stereocenters. The molecule has 3 rings (SSSR count). The van der Waals surface area contributed by atoms with Crippen molar-refractivity contribution < 1.29 is 9.90 Å². The van der Waals surface area contributed by atoms with Gasteiger partial charge < -0.3 is 9.67 Å². The van der Waals surface area contributed by atoms with E-state index in [-0.39, 0.29) is 0 Å². The Balaban J connectivity index is 2.11. The number of benzene rings is 2. The van der Waals surface area contributed by atoms with E-state index in [0.717, 1.165) is 20.9 Å². The summed E-state index contributed by atoms with van der Waals surface area (Å²) in [7, 11) is 0. The predicted octanol–water partition coefficient (Wildman–Crippen LogP) is 4.15. The molecular formula is C16H12BrNO2. The van der Waals surface area contributed by atoms with Crippen LogP contribution < -0.4 is 0 Å². The van der Waals surface area contributed by atoms with Crippen LogP contribution in [0.15, 0.2) is 59.1 Å². The van der Waals surface area contributed by atoms with E-state index in [4.69, 9.17) is 0 Å². The number of hydrogen-bond donors (Lipinski definition) is 1. The van der Waals surface area contributed by atoms with E-state index in [1.807, 2.05) is 53.1 Å². The first-order chi connectivity index (χ1) is 9.65. The zero-order valence-corrected chi connectivity index (χ0v) is 12.2. The molecule has 0 aliphatic rings. The molecule has 0 spiro atoms. The quantitative estimate of drug-likeness (QED) is 0.784. The summed E-state index contributed by atoms with van der Waals surface area (Å²) in [6.45, 7) is 0.544. The number of carboxylic acids is 1. The van der Waals surface area contributed by atoms with Crippen molar-refractivity contribution in [3.05, 3.63) is 70.3 Å². The van der Waals surface area contributed by atoms with Gasteiger partial charge in [0, 0.05) is 21.9 Å². The normalized spacial score (nSPS) is 10.8. The fourth-order valence-corrected chi connectivity index (χ4v) is 2.59. The summed E-state index contributed by atoms with van der Waals surface area (Å²) in [6, 6.07) is 17.3. The number of nitrogens with zero attached hydrogens (tertiary/aromatic N) is 1. The first kappa shape index (κ1) is 12.9. The lowest BCUT2D eigenvalue weighted by Gasteiger charge is -2.08. The first-order valence-corrected chi connectivity index (χ1v) is 7.00. The zero-order valence-electron chi connectivity index (χ0n) is 10.6. The fraction of sp³-hybridized carbons (Fsp3) is 0.0625. The third-order valence-corrected chi connectivity index (χ3v) is 3.81. The Kier molecular flexibility index (Phi) is 3.32.